The number of carbonyl (C=O) groups is 1. The highest BCUT2D eigenvalue weighted by molar-refractivity contribution is 5.88. The Morgan fingerprint density at radius 2 is 1.83 bits per heavy atom. The van der Waals surface area contributed by atoms with Crippen LogP contribution in [0.5, 0.6) is 23.0 Å². The van der Waals surface area contributed by atoms with Gasteiger partial charge >= 0.3 is 0 Å². The van der Waals surface area contributed by atoms with E-state index < -0.39 is 6.04 Å². The number of hydrogen-bond donors (Lipinski definition) is 3. The molecule has 0 bridgehead atoms. The normalized spacial score (nSPS) is 18.1. The molecule has 2 aliphatic rings. The lowest BCUT2D eigenvalue weighted by molar-refractivity contribution is -0.123. The average molecular weight is 486 g/mol. The second-order valence-electron chi connectivity index (χ2n) is 8.94. The summed E-state index contributed by atoms with van der Waals surface area (Å²) in [5, 5.41) is 7.80. The van der Waals surface area contributed by atoms with Crippen molar-refractivity contribution < 1.29 is 23.7 Å². The number of carbonyl (C=O) groups excluding carboxylic acids is 1. The molecule has 0 fully saturated rings. The van der Waals surface area contributed by atoms with Gasteiger partial charge in [0.2, 0.25) is 12.7 Å². The van der Waals surface area contributed by atoms with E-state index in [0.29, 0.717) is 30.2 Å². The Morgan fingerprint density at radius 3 is 2.69 bits per heavy atom. The Bertz CT molecular complexity index is 1450. The number of benzene rings is 3. The minimum atomic E-state index is -0.410. The van der Waals surface area contributed by atoms with Crippen LogP contribution in [-0.2, 0) is 17.8 Å². The standard InChI is InChI=1S/C28H27N3O5/c1-33-22-9-7-16(11-24(22)34-2)14-29-28(32)21-13-19-18-5-3-4-6-20(18)30-27(19)26(31-21)17-8-10-23-25(12-17)36-15-35-23/h3-12,21,26,30-31H,13-15H2,1-2H3,(H,29,32)/t21-,26+/m0/s1. The molecule has 1 aromatic heterocycles. The smallest absolute Gasteiger partial charge is 0.237 e. The van der Waals surface area contributed by atoms with Gasteiger partial charge in [-0.1, -0.05) is 30.3 Å². The van der Waals surface area contributed by atoms with Crippen molar-refractivity contribution in [2.75, 3.05) is 21.0 Å². The van der Waals surface area contributed by atoms with Gasteiger partial charge in [0.15, 0.2) is 23.0 Å². The average Bonchev–Trinajstić information content (AvgIpc) is 3.55. The summed E-state index contributed by atoms with van der Waals surface area (Å²) in [6.07, 6.45) is 0.582. The summed E-state index contributed by atoms with van der Waals surface area (Å²) in [4.78, 5) is 17.0. The van der Waals surface area contributed by atoms with Crippen LogP contribution >= 0.6 is 0 Å². The Hall–Kier alpha value is -4.17. The molecule has 1 amide bonds. The lowest BCUT2D eigenvalue weighted by atomic mass is 9.90. The van der Waals surface area contributed by atoms with Crippen LogP contribution in [-0.4, -0.2) is 37.9 Å². The number of nitrogens with one attached hydrogen (secondary N) is 3. The lowest BCUT2D eigenvalue weighted by Gasteiger charge is -2.31. The fraction of sp³-hybridized carbons (Fsp3) is 0.250. The highest BCUT2D eigenvalue weighted by atomic mass is 16.7. The number of aromatic nitrogens is 1. The van der Waals surface area contributed by atoms with E-state index in [1.807, 2.05) is 48.5 Å². The van der Waals surface area contributed by atoms with Gasteiger partial charge in [-0.2, -0.15) is 0 Å². The summed E-state index contributed by atoms with van der Waals surface area (Å²) in [5.74, 6) is 2.67. The first-order valence-corrected chi connectivity index (χ1v) is 11.9. The van der Waals surface area contributed by atoms with E-state index >= 15 is 0 Å². The number of rotatable bonds is 6. The van der Waals surface area contributed by atoms with Crippen LogP contribution < -0.4 is 29.6 Å². The predicted molar refractivity (Wildman–Crippen MR) is 135 cm³/mol. The first kappa shape index (κ1) is 22.3. The second kappa shape index (κ2) is 9.13. The van der Waals surface area contributed by atoms with E-state index in [1.165, 1.54) is 0 Å². The van der Waals surface area contributed by atoms with Crippen molar-refractivity contribution in [2.24, 2.45) is 0 Å². The van der Waals surface area contributed by atoms with Gasteiger partial charge in [-0.05, 0) is 53.4 Å². The van der Waals surface area contributed by atoms with Crippen molar-refractivity contribution in [3.05, 3.63) is 83.0 Å². The van der Waals surface area contributed by atoms with Gasteiger partial charge in [-0.15, -0.1) is 0 Å². The maximum Gasteiger partial charge on any atom is 0.237 e. The molecule has 6 rings (SSSR count). The number of para-hydroxylation sites is 1. The van der Waals surface area contributed by atoms with Crippen molar-refractivity contribution in [2.45, 2.75) is 25.0 Å². The summed E-state index contributed by atoms with van der Waals surface area (Å²) >= 11 is 0. The zero-order chi connectivity index (χ0) is 24.6. The van der Waals surface area contributed by atoms with Gasteiger partial charge in [0.1, 0.15) is 0 Å². The predicted octanol–water partition coefficient (Wildman–Crippen LogP) is 3.83. The Balaban J connectivity index is 1.29. The molecule has 2 atom stereocenters. The number of amides is 1. The van der Waals surface area contributed by atoms with Gasteiger partial charge in [-0.25, -0.2) is 0 Å². The molecule has 8 heteroatoms. The summed E-state index contributed by atoms with van der Waals surface area (Å²) in [5.41, 5.74) is 5.21. The lowest BCUT2D eigenvalue weighted by Crippen LogP contribution is -2.49. The first-order valence-electron chi connectivity index (χ1n) is 11.9. The molecule has 0 spiro atoms. The Morgan fingerprint density at radius 1 is 1.00 bits per heavy atom. The molecule has 0 radical (unpaired) electrons. The van der Waals surface area contributed by atoms with E-state index in [0.717, 1.165) is 39.0 Å². The van der Waals surface area contributed by atoms with Crippen molar-refractivity contribution in [1.82, 2.24) is 15.6 Å². The fourth-order valence-corrected chi connectivity index (χ4v) is 5.06. The number of methoxy groups -OCH3 is 2. The monoisotopic (exact) mass is 485 g/mol. The van der Waals surface area contributed by atoms with Gasteiger partial charge in [0, 0.05) is 23.1 Å². The highest BCUT2D eigenvalue weighted by Crippen LogP contribution is 2.39. The molecule has 8 nitrogen and oxygen atoms in total. The molecule has 3 aromatic carbocycles. The second-order valence-corrected chi connectivity index (χ2v) is 8.94. The SMILES string of the molecule is COc1ccc(CNC(=O)[C@@H]2Cc3c([nH]c4ccccc34)[C@@H](c3ccc4c(c3)OCO4)N2)cc1OC. The minimum Gasteiger partial charge on any atom is -0.493 e. The largest absolute Gasteiger partial charge is 0.493 e. The number of H-pyrrole nitrogens is 1. The maximum absolute atomic E-state index is 13.4. The topological polar surface area (TPSA) is 93.8 Å². The highest BCUT2D eigenvalue weighted by Gasteiger charge is 2.34. The molecule has 0 saturated carbocycles. The zero-order valence-corrected chi connectivity index (χ0v) is 20.1. The van der Waals surface area contributed by atoms with Crippen LogP contribution in [0.3, 0.4) is 0 Å². The third-order valence-corrected chi connectivity index (χ3v) is 6.87. The van der Waals surface area contributed by atoms with Gasteiger partial charge in [-0.3, -0.25) is 10.1 Å². The molecule has 0 aliphatic carbocycles. The molecule has 4 aromatic rings. The van der Waals surface area contributed by atoms with Crippen molar-refractivity contribution in [1.29, 1.82) is 0 Å². The molecule has 0 unspecified atom stereocenters. The third kappa shape index (κ3) is 3.89. The van der Waals surface area contributed by atoms with Gasteiger partial charge in [0.25, 0.3) is 0 Å². The molecule has 3 heterocycles. The van der Waals surface area contributed by atoms with E-state index in [-0.39, 0.29) is 18.7 Å². The quantitative estimate of drug-likeness (QED) is 0.384. The molecule has 2 aliphatic heterocycles. The first-order chi connectivity index (χ1) is 17.6. The third-order valence-electron chi connectivity index (χ3n) is 6.87. The summed E-state index contributed by atoms with van der Waals surface area (Å²) < 4.78 is 21.8. The van der Waals surface area contributed by atoms with Crippen LogP contribution in [0, 0.1) is 0 Å². The maximum atomic E-state index is 13.4. The summed E-state index contributed by atoms with van der Waals surface area (Å²) in [7, 11) is 3.20. The number of fused-ring (bicyclic) bond motifs is 4. The summed E-state index contributed by atoms with van der Waals surface area (Å²) in [6, 6.07) is 19.2. The fourth-order valence-electron chi connectivity index (χ4n) is 5.06. The molecule has 3 N–H and O–H groups in total. The molecule has 0 saturated heterocycles. The number of ether oxygens (including phenoxy) is 4. The van der Waals surface area contributed by atoms with Crippen LogP contribution in [0.15, 0.2) is 60.7 Å². The van der Waals surface area contributed by atoms with Gasteiger partial charge < -0.3 is 29.2 Å². The van der Waals surface area contributed by atoms with E-state index in [1.54, 1.807) is 14.2 Å². The minimum absolute atomic E-state index is 0.0635. The van der Waals surface area contributed by atoms with Crippen LogP contribution in [0.25, 0.3) is 10.9 Å². The van der Waals surface area contributed by atoms with Gasteiger partial charge in [0.05, 0.1) is 26.3 Å². The van der Waals surface area contributed by atoms with E-state index in [4.69, 9.17) is 18.9 Å². The molecule has 36 heavy (non-hydrogen) atoms. The Labute approximate surface area is 208 Å². The van der Waals surface area contributed by atoms with E-state index in [9.17, 15) is 4.79 Å². The van der Waals surface area contributed by atoms with Crippen molar-refractivity contribution >= 4 is 16.8 Å². The molecule has 184 valence electrons. The van der Waals surface area contributed by atoms with Crippen LogP contribution in [0.2, 0.25) is 0 Å². The number of hydrogen-bond acceptors (Lipinski definition) is 6. The zero-order valence-electron chi connectivity index (χ0n) is 20.1. The Kier molecular flexibility index (Phi) is 5.65. The van der Waals surface area contributed by atoms with Crippen LogP contribution in [0.4, 0.5) is 0 Å². The molecular formula is C28H27N3O5. The van der Waals surface area contributed by atoms with Crippen molar-refractivity contribution in [3.8, 4) is 23.0 Å². The van der Waals surface area contributed by atoms with Crippen LogP contribution in [0.1, 0.15) is 28.4 Å². The molecular weight excluding hydrogens is 458 g/mol. The number of aromatic amines is 1. The summed E-state index contributed by atoms with van der Waals surface area (Å²) in [6.45, 7) is 0.600. The van der Waals surface area contributed by atoms with Crippen molar-refractivity contribution in [3.63, 3.8) is 0 Å². The van der Waals surface area contributed by atoms with E-state index in [2.05, 4.69) is 27.8 Å².